The number of benzene rings is 1. The van der Waals surface area contributed by atoms with E-state index >= 15 is 0 Å². The van der Waals surface area contributed by atoms with Gasteiger partial charge < -0.3 is 14.9 Å². The van der Waals surface area contributed by atoms with E-state index in [1.54, 1.807) is 4.90 Å². The molecule has 4 nitrogen and oxygen atoms in total. The highest BCUT2D eigenvalue weighted by molar-refractivity contribution is 5.66. The van der Waals surface area contributed by atoms with Gasteiger partial charge in [0.05, 0.1) is 6.04 Å². The summed E-state index contributed by atoms with van der Waals surface area (Å²) in [5.41, 5.74) is 1.09. The average Bonchev–Trinajstić information content (AvgIpc) is 2.39. The van der Waals surface area contributed by atoms with Crippen molar-refractivity contribution in [3.05, 3.63) is 35.9 Å². The molecule has 18 heavy (non-hydrogen) atoms. The molecular weight excluding hydrogens is 228 g/mol. The van der Waals surface area contributed by atoms with E-state index in [4.69, 9.17) is 0 Å². The van der Waals surface area contributed by atoms with Crippen LogP contribution in [0.15, 0.2) is 30.3 Å². The number of piperidine rings is 1. The maximum atomic E-state index is 11.3. The Kier molecular flexibility index (Phi) is 3.87. The van der Waals surface area contributed by atoms with Gasteiger partial charge in [-0.2, -0.15) is 0 Å². The summed E-state index contributed by atoms with van der Waals surface area (Å²) < 4.78 is 0. The molecule has 1 saturated heterocycles. The molecule has 0 saturated carbocycles. The van der Waals surface area contributed by atoms with Crippen LogP contribution in [0.25, 0.3) is 0 Å². The highest BCUT2D eigenvalue weighted by Gasteiger charge is 2.33. The lowest BCUT2D eigenvalue weighted by Gasteiger charge is -2.40. The average molecular weight is 248 g/mol. The zero-order valence-corrected chi connectivity index (χ0v) is 10.9. The molecule has 1 aliphatic rings. The van der Waals surface area contributed by atoms with Crippen LogP contribution >= 0.6 is 0 Å². The molecule has 2 atom stereocenters. The lowest BCUT2D eigenvalue weighted by atomic mass is 9.91. The van der Waals surface area contributed by atoms with Gasteiger partial charge in [0.1, 0.15) is 0 Å². The van der Waals surface area contributed by atoms with Crippen molar-refractivity contribution >= 4 is 6.09 Å². The number of hydrogen-bond acceptors (Lipinski definition) is 2. The molecule has 2 unspecified atom stereocenters. The predicted molar refractivity (Wildman–Crippen MR) is 70.6 cm³/mol. The van der Waals surface area contributed by atoms with Gasteiger partial charge in [0.2, 0.25) is 0 Å². The monoisotopic (exact) mass is 248 g/mol. The van der Waals surface area contributed by atoms with Crippen molar-refractivity contribution in [1.82, 2.24) is 9.80 Å². The molecule has 1 aliphatic heterocycles. The minimum Gasteiger partial charge on any atom is -0.465 e. The van der Waals surface area contributed by atoms with Gasteiger partial charge in [-0.25, -0.2) is 4.79 Å². The molecule has 4 heteroatoms. The molecule has 1 aromatic carbocycles. The molecule has 1 heterocycles. The number of carboxylic acid groups (broad SMARTS) is 1. The number of carbonyl (C=O) groups is 1. The molecule has 2 rings (SSSR count). The third-order valence-corrected chi connectivity index (χ3v) is 3.74. The Balaban J connectivity index is 2.23. The largest absolute Gasteiger partial charge is 0.465 e. The smallest absolute Gasteiger partial charge is 0.407 e. The van der Waals surface area contributed by atoms with Crippen molar-refractivity contribution in [2.45, 2.75) is 24.9 Å². The molecule has 98 valence electrons. The number of amides is 1. The summed E-state index contributed by atoms with van der Waals surface area (Å²) in [6.07, 6.45) is 0.951. The molecule has 0 aromatic heterocycles. The molecule has 1 aromatic rings. The van der Waals surface area contributed by atoms with E-state index < -0.39 is 6.09 Å². The van der Waals surface area contributed by atoms with E-state index in [1.807, 2.05) is 30.3 Å². The Bertz CT molecular complexity index is 406. The van der Waals surface area contributed by atoms with Gasteiger partial charge in [0.15, 0.2) is 0 Å². The summed E-state index contributed by atoms with van der Waals surface area (Å²) in [4.78, 5) is 15.1. The maximum Gasteiger partial charge on any atom is 0.407 e. The molecule has 1 N–H and O–H groups in total. The second kappa shape index (κ2) is 5.40. The quantitative estimate of drug-likeness (QED) is 0.874. The first-order chi connectivity index (χ1) is 8.59. The van der Waals surface area contributed by atoms with E-state index in [1.165, 1.54) is 0 Å². The molecule has 0 bridgehead atoms. The molecule has 1 fully saturated rings. The second-order valence-electron chi connectivity index (χ2n) is 5.04. The Morgan fingerprint density at radius 2 is 2.00 bits per heavy atom. The number of rotatable bonds is 2. The Labute approximate surface area is 108 Å². The Morgan fingerprint density at radius 1 is 1.33 bits per heavy atom. The first-order valence-electron chi connectivity index (χ1n) is 6.30. The van der Waals surface area contributed by atoms with Crippen molar-refractivity contribution in [2.24, 2.45) is 0 Å². The van der Waals surface area contributed by atoms with Gasteiger partial charge in [-0.3, -0.25) is 0 Å². The summed E-state index contributed by atoms with van der Waals surface area (Å²) in [6, 6.07) is 10.3. The third-order valence-electron chi connectivity index (χ3n) is 3.74. The Morgan fingerprint density at radius 3 is 2.56 bits per heavy atom. The van der Waals surface area contributed by atoms with E-state index in [2.05, 4.69) is 19.0 Å². The molecule has 1 amide bonds. The molecular formula is C14H20N2O2. The summed E-state index contributed by atoms with van der Waals surface area (Å²) in [5, 5.41) is 9.31. The van der Waals surface area contributed by atoms with Crippen LogP contribution in [0.4, 0.5) is 4.79 Å². The van der Waals surface area contributed by atoms with Gasteiger partial charge in [-0.05, 0) is 32.5 Å². The first kappa shape index (κ1) is 12.9. The maximum absolute atomic E-state index is 11.3. The normalized spacial score (nSPS) is 24.3. The Hall–Kier alpha value is -1.55. The van der Waals surface area contributed by atoms with Crippen LogP contribution in [0.2, 0.25) is 0 Å². The fraction of sp³-hybridized carbons (Fsp3) is 0.500. The van der Waals surface area contributed by atoms with Gasteiger partial charge in [-0.15, -0.1) is 0 Å². The van der Waals surface area contributed by atoms with E-state index in [9.17, 15) is 9.90 Å². The van der Waals surface area contributed by atoms with Crippen LogP contribution in [-0.2, 0) is 0 Å². The second-order valence-corrected chi connectivity index (χ2v) is 5.04. The molecule has 0 aliphatic carbocycles. The van der Waals surface area contributed by atoms with Crippen LogP contribution < -0.4 is 0 Å². The van der Waals surface area contributed by atoms with E-state index in [0.717, 1.165) is 18.4 Å². The van der Waals surface area contributed by atoms with Gasteiger partial charge in [-0.1, -0.05) is 30.3 Å². The van der Waals surface area contributed by atoms with E-state index in [-0.39, 0.29) is 6.04 Å². The van der Waals surface area contributed by atoms with Crippen LogP contribution in [0.3, 0.4) is 0 Å². The number of hydrogen-bond donors (Lipinski definition) is 1. The first-order valence-corrected chi connectivity index (χ1v) is 6.30. The lowest BCUT2D eigenvalue weighted by molar-refractivity contribution is 0.0767. The molecule has 0 radical (unpaired) electrons. The van der Waals surface area contributed by atoms with E-state index in [0.29, 0.717) is 12.6 Å². The summed E-state index contributed by atoms with van der Waals surface area (Å²) in [7, 11) is 4.12. The summed E-state index contributed by atoms with van der Waals surface area (Å²) in [6.45, 7) is 0.609. The minimum atomic E-state index is -0.818. The lowest BCUT2D eigenvalue weighted by Crippen LogP contribution is -2.45. The van der Waals surface area contributed by atoms with Crippen molar-refractivity contribution in [2.75, 3.05) is 20.6 Å². The number of likely N-dealkylation sites (tertiary alicyclic amines) is 1. The van der Waals surface area contributed by atoms with Crippen molar-refractivity contribution < 1.29 is 9.90 Å². The topological polar surface area (TPSA) is 43.8 Å². The standard InChI is InChI=1S/C14H20N2O2/c1-15(2)12-8-9-16(14(17)18)13(10-12)11-6-4-3-5-7-11/h3-7,12-13H,8-10H2,1-2H3,(H,17,18). The van der Waals surface area contributed by atoms with Crippen molar-refractivity contribution in [1.29, 1.82) is 0 Å². The highest BCUT2D eigenvalue weighted by atomic mass is 16.4. The highest BCUT2D eigenvalue weighted by Crippen LogP contribution is 2.32. The van der Waals surface area contributed by atoms with Crippen LogP contribution in [0, 0.1) is 0 Å². The number of nitrogens with zero attached hydrogens (tertiary/aromatic N) is 2. The van der Waals surface area contributed by atoms with Crippen molar-refractivity contribution in [3.8, 4) is 0 Å². The van der Waals surface area contributed by atoms with Crippen LogP contribution in [0.5, 0.6) is 0 Å². The SMILES string of the molecule is CN(C)C1CCN(C(=O)O)C(c2ccccc2)C1. The third kappa shape index (κ3) is 2.64. The predicted octanol–water partition coefficient (Wildman–Crippen LogP) is 2.43. The van der Waals surface area contributed by atoms with Gasteiger partial charge >= 0.3 is 6.09 Å². The zero-order chi connectivity index (χ0) is 13.1. The fourth-order valence-corrected chi connectivity index (χ4v) is 2.64. The van der Waals surface area contributed by atoms with Crippen LogP contribution in [0.1, 0.15) is 24.4 Å². The summed E-state index contributed by atoms with van der Waals surface area (Å²) in [5.74, 6) is 0. The van der Waals surface area contributed by atoms with Crippen molar-refractivity contribution in [3.63, 3.8) is 0 Å². The van der Waals surface area contributed by atoms with Crippen LogP contribution in [-0.4, -0.2) is 47.7 Å². The zero-order valence-electron chi connectivity index (χ0n) is 10.9. The van der Waals surface area contributed by atoms with Gasteiger partial charge in [0, 0.05) is 12.6 Å². The molecule has 0 spiro atoms. The minimum absolute atomic E-state index is 0.0233. The fourth-order valence-electron chi connectivity index (χ4n) is 2.64. The van der Waals surface area contributed by atoms with Gasteiger partial charge in [0.25, 0.3) is 0 Å². The summed E-state index contributed by atoms with van der Waals surface area (Å²) >= 11 is 0.